The van der Waals surface area contributed by atoms with Gasteiger partial charge in [0.2, 0.25) is 0 Å². The normalized spacial score (nSPS) is 28.2. The SMILES string of the molecule is CCCCCC1C2C1C2n1cnc2c(N)nc3ccccc3c21. The zero-order valence-corrected chi connectivity index (χ0v) is 13.4. The maximum absolute atomic E-state index is 6.12. The number of fused-ring (bicyclic) bond motifs is 4. The third kappa shape index (κ3) is 1.84. The van der Waals surface area contributed by atoms with E-state index in [0.29, 0.717) is 11.9 Å². The van der Waals surface area contributed by atoms with Gasteiger partial charge in [0.15, 0.2) is 5.82 Å². The molecule has 2 N–H and O–H groups in total. The first-order valence-electron chi connectivity index (χ1n) is 8.82. The molecule has 2 fully saturated rings. The Balaban J connectivity index is 1.48. The van der Waals surface area contributed by atoms with Gasteiger partial charge in [-0.1, -0.05) is 44.4 Å². The monoisotopic (exact) mass is 306 g/mol. The van der Waals surface area contributed by atoms with Gasteiger partial charge in [0.25, 0.3) is 0 Å². The van der Waals surface area contributed by atoms with Gasteiger partial charge in [0.1, 0.15) is 5.52 Å². The minimum Gasteiger partial charge on any atom is -0.382 e. The molecule has 2 heterocycles. The first-order valence-corrected chi connectivity index (χ1v) is 8.82. The van der Waals surface area contributed by atoms with E-state index in [1.165, 1.54) is 36.6 Å². The van der Waals surface area contributed by atoms with Crippen LogP contribution in [0.2, 0.25) is 0 Å². The van der Waals surface area contributed by atoms with Crippen molar-refractivity contribution in [3.05, 3.63) is 30.6 Å². The lowest BCUT2D eigenvalue weighted by Crippen LogP contribution is -2.07. The summed E-state index contributed by atoms with van der Waals surface area (Å²) in [7, 11) is 0. The Labute approximate surface area is 135 Å². The smallest absolute Gasteiger partial charge is 0.152 e. The molecule has 4 heteroatoms. The van der Waals surface area contributed by atoms with Crippen molar-refractivity contribution in [3.8, 4) is 0 Å². The zero-order valence-electron chi connectivity index (χ0n) is 13.4. The predicted molar refractivity (Wildman–Crippen MR) is 93.1 cm³/mol. The van der Waals surface area contributed by atoms with Crippen LogP contribution in [0.1, 0.15) is 38.6 Å². The third-order valence-corrected chi connectivity index (χ3v) is 5.84. The molecule has 23 heavy (non-hydrogen) atoms. The van der Waals surface area contributed by atoms with Crippen LogP contribution in [0.3, 0.4) is 0 Å². The number of hydrogen-bond acceptors (Lipinski definition) is 3. The summed E-state index contributed by atoms with van der Waals surface area (Å²) < 4.78 is 2.38. The van der Waals surface area contributed by atoms with Crippen LogP contribution in [-0.2, 0) is 0 Å². The maximum atomic E-state index is 6.12. The summed E-state index contributed by atoms with van der Waals surface area (Å²) in [6, 6.07) is 8.90. The van der Waals surface area contributed by atoms with Gasteiger partial charge in [0, 0.05) is 11.4 Å². The predicted octanol–water partition coefficient (Wildman–Crippen LogP) is 4.16. The summed E-state index contributed by atoms with van der Waals surface area (Å²) >= 11 is 0. The van der Waals surface area contributed by atoms with E-state index in [1.807, 2.05) is 18.5 Å². The van der Waals surface area contributed by atoms with Crippen molar-refractivity contribution in [1.82, 2.24) is 14.5 Å². The fraction of sp³-hybridized carbons (Fsp3) is 0.474. The second kappa shape index (κ2) is 4.70. The van der Waals surface area contributed by atoms with E-state index in [9.17, 15) is 0 Å². The molecule has 2 saturated carbocycles. The van der Waals surface area contributed by atoms with Crippen molar-refractivity contribution >= 4 is 27.8 Å². The van der Waals surface area contributed by atoms with Crippen molar-refractivity contribution in [2.24, 2.45) is 17.8 Å². The molecule has 0 saturated heterocycles. The van der Waals surface area contributed by atoms with Gasteiger partial charge >= 0.3 is 0 Å². The van der Waals surface area contributed by atoms with Gasteiger partial charge in [-0.15, -0.1) is 0 Å². The number of unbranched alkanes of at least 4 members (excludes halogenated alkanes) is 2. The van der Waals surface area contributed by atoms with E-state index in [0.717, 1.165) is 28.8 Å². The van der Waals surface area contributed by atoms with Gasteiger partial charge < -0.3 is 10.3 Å². The molecule has 2 aromatic heterocycles. The molecule has 0 radical (unpaired) electrons. The van der Waals surface area contributed by atoms with Crippen LogP contribution >= 0.6 is 0 Å². The quantitative estimate of drug-likeness (QED) is 0.720. The minimum absolute atomic E-state index is 0.547. The molecule has 0 spiro atoms. The number of aromatic nitrogens is 3. The lowest BCUT2D eigenvalue weighted by Gasteiger charge is -2.15. The van der Waals surface area contributed by atoms with Gasteiger partial charge in [-0.2, -0.15) is 0 Å². The van der Waals surface area contributed by atoms with E-state index >= 15 is 0 Å². The van der Waals surface area contributed by atoms with Crippen molar-refractivity contribution in [2.75, 3.05) is 5.73 Å². The van der Waals surface area contributed by atoms with Crippen LogP contribution < -0.4 is 5.73 Å². The number of anilines is 1. The first kappa shape index (κ1) is 13.3. The number of rotatable bonds is 5. The van der Waals surface area contributed by atoms with E-state index < -0.39 is 0 Å². The highest BCUT2D eigenvalue weighted by atomic mass is 15.2. The van der Waals surface area contributed by atoms with Crippen LogP contribution in [-0.4, -0.2) is 14.5 Å². The number of benzene rings is 1. The zero-order chi connectivity index (χ0) is 15.6. The highest BCUT2D eigenvalue weighted by Gasteiger charge is 2.73. The summed E-state index contributed by atoms with van der Waals surface area (Å²) in [6.45, 7) is 2.28. The molecule has 3 aromatic rings. The van der Waals surface area contributed by atoms with Crippen molar-refractivity contribution < 1.29 is 0 Å². The van der Waals surface area contributed by atoms with E-state index in [1.54, 1.807) is 0 Å². The van der Waals surface area contributed by atoms with Crippen LogP contribution in [0.15, 0.2) is 30.6 Å². The number of pyridine rings is 1. The van der Waals surface area contributed by atoms with Gasteiger partial charge in [-0.3, -0.25) is 0 Å². The van der Waals surface area contributed by atoms with Crippen LogP contribution in [0.25, 0.3) is 21.9 Å². The number of para-hydroxylation sites is 1. The topological polar surface area (TPSA) is 56.7 Å². The van der Waals surface area contributed by atoms with Crippen LogP contribution in [0.5, 0.6) is 0 Å². The molecule has 2 aliphatic rings. The third-order valence-electron chi connectivity index (χ3n) is 5.84. The molecule has 0 amide bonds. The van der Waals surface area contributed by atoms with Gasteiger partial charge in [-0.05, 0) is 30.2 Å². The highest BCUT2D eigenvalue weighted by Crippen LogP contribution is 2.77. The Kier molecular flexibility index (Phi) is 2.73. The number of nitrogen functional groups attached to an aromatic ring is 1. The van der Waals surface area contributed by atoms with Crippen LogP contribution in [0, 0.1) is 17.8 Å². The first-order chi connectivity index (χ1) is 11.3. The van der Waals surface area contributed by atoms with Crippen molar-refractivity contribution in [3.63, 3.8) is 0 Å². The Morgan fingerprint density at radius 2 is 2.00 bits per heavy atom. The molecule has 2 aliphatic carbocycles. The van der Waals surface area contributed by atoms with E-state index in [2.05, 4.69) is 33.6 Å². The Morgan fingerprint density at radius 3 is 2.83 bits per heavy atom. The fourth-order valence-electron chi connectivity index (χ4n) is 4.51. The largest absolute Gasteiger partial charge is 0.382 e. The molecular weight excluding hydrogens is 284 g/mol. The summed E-state index contributed by atoms with van der Waals surface area (Å²) in [5, 5.41) is 1.17. The standard InChI is InChI=1S/C19H22N4/c1-2-3-4-8-12-14-15(12)18(14)23-10-21-16-17(23)11-7-5-6-9-13(11)22-19(16)20/h5-7,9-10,12,14-15,18H,2-4,8H2,1H3,(H2,20,22). The van der Waals surface area contributed by atoms with E-state index in [4.69, 9.17) is 5.73 Å². The molecule has 2 unspecified atom stereocenters. The van der Waals surface area contributed by atoms with Crippen molar-refractivity contribution in [2.45, 2.75) is 38.6 Å². The average molecular weight is 306 g/mol. The maximum Gasteiger partial charge on any atom is 0.152 e. The number of nitrogens with zero attached hydrogens (tertiary/aromatic N) is 3. The molecule has 0 bridgehead atoms. The lowest BCUT2D eigenvalue weighted by molar-refractivity contribution is 0.429. The number of imidazole rings is 1. The number of hydrogen-bond donors (Lipinski definition) is 1. The molecule has 118 valence electrons. The molecule has 0 aliphatic heterocycles. The second-order valence-electron chi connectivity index (χ2n) is 7.17. The molecule has 2 atom stereocenters. The van der Waals surface area contributed by atoms with Crippen LogP contribution in [0.4, 0.5) is 5.82 Å². The summed E-state index contributed by atoms with van der Waals surface area (Å²) in [6.07, 6.45) is 7.48. The van der Waals surface area contributed by atoms with Gasteiger partial charge in [0.05, 0.1) is 17.4 Å². The highest BCUT2D eigenvalue weighted by molar-refractivity contribution is 6.06. The Hall–Kier alpha value is -2.10. The molecule has 5 rings (SSSR count). The number of nitrogens with two attached hydrogens (primary N) is 1. The summed E-state index contributed by atoms with van der Waals surface area (Å²) in [4.78, 5) is 9.05. The second-order valence-corrected chi connectivity index (χ2v) is 7.17. The molecule has 1 aromatic carbocycles. The Bertz CT molecular complexity index is 887. The molecular formula is C19H22N4. The Morgan fingerprint density at radius 1 is 1.17 bits per heavy atom. The van der Waals surface area contributed by atoms with Crippen molar-refractivity contribution in [1.29, 1.82) is 0 Å². The van der Waals surface area contributed by atoms with Gasteiger partial charge in [-0.25, -0.2) is 9.97 Å². The lowest BCUT2D eigenvalue weighted by atomic mass is 10.0. The fourth-order valence-corrected chi connectivity index (χ4v) is 4.51. The summed E-state index contributed by atoms with van der Waals surface area (Å²) in [5.74, 6) is 3.29. The average Bonchev–Trinajstić information content (AvgIpc) is 3.41. The summed E-state index contributed by atoms with van der Waals surface area (Å²) in [5.41, 5.74) is 9.13. The van der Waals surface area contributed by atoms with E-state index in [-0.39, 0.29) is 0 Å². The molecule has 4 nitrogen and oxygen atoms in total. The minimum atomic E-state index is 0.547.